The second-order valence-corrected chi connectivity index (χ2v) is 9.15. The van der Waals surface area contributed by atoms with Gasteiger partial charge in [-0.05, 0) is 61.8 Å². The number of hydrogen-bond acceptors (Lipinski definition) is 7. The standard InChI is InChI=1S/C26H29FN2O6/c1-14-19-8-7-18(27)13-17(19)6-9-20(14)34-26(32)15(2)29-25(31)23-24(21(33-3)10-11-28-23)35-22(30)12-16-4-5-16/h7-8,10-11,13-16,20H,4-6,9,12H2,1-3H3,(H,29,31)/t14?,15-,20?/m0/s1. The fourth-order valence-electron chi connectivity index (χ4n) is 4.28. The highest BCUT2D eigenvalue weighted by atomic mass is 19.1. The molecule has 186 valence electrons. The van der Waals surface area contributed by atoms with Crippen LogP contribution in [0.2, 0.25) is 0 Å². The molecule has 1 N–H and O–H groups in total. The zero-order chi connectivity index (χ0) is 25.1. The number of rotatable bonds is 8. The highest BCUT2D eigenvalue weighted by Crippen LogP contribution is 2.35. The van der Waals surface area contributed by atoms with Gasteiger partial charge in [-0.15, -0.1) is 0 Å². The first kappa shape index (κ1) is 24.6. The first-order valence-electron chi connectivity index (χ1n) is 11.8. The Morgan fingerprint density at radius 3 is 2.69 bits per heavy atom. The van der Waals surface area contributed by atoms with Crippen molar-refractivity contribution in [3.63, 3.8) is 0 Å². The van der Waals surface area contributed by atoms with Crippen LogP contribution in [0.25, 0.3) is 0 Å². The molecular weight excluding hydrogens is 455 g/mol. The Hall–Kier alpha value is -3.49. The molecule has 0 radical (unpaired) electrons. The van der Waals surface area contributed by atoms with Gasteiger partial charge in [-0.25, -0.2) is 14.2 Å². The van der Waals surface area contributed by atoms with Crippen LogP contribution in [0.4, 0.5) is 4.39 Å². The number of benzene rings is 1. The lowest BCUT2D eigenvalue weighted by Crippen LogP contribution is -2.42. The number of carbonyl (C=O) groups is 3. The van der Waals surface area contributed by atoms with Crippen molar-refractivity contribution in [1.82, 2.24) is 10.3 Å². The lowest BCUT2D eigenvalue weighted by molar-refractivity contribution is -0.152. The first-order chi connectivity index (χ1) is 16.8. The number of nitrogens with zero attached hydrogens (tertiary/aromatic N) is 1. The maximum absolute atomic E-state index is 13.5. The molecule has 3 atom stereocenters. The summed E-state index contributed by atoms with van der Waals surface area (Å²) in [4.78, 5) is 42.0. The third-order valence-corrected chi connectivity index (χ3v) is 6.49. The molecule has 2 aliphatic carbocycles. The van der Waals surface area contributed by atoms with Crippen molar-refractivity contribution >= 4 is 17.8 Å². The Morgan fingerprint density at radius 2 is 1.97 bits per heavy atom. The van der Waals surface area contributed by atoms with E-state index in [-0.39, 0.29) is 35.3 Å². The number of aryl methyl sites for hydroxylation is 1. The van der Waals surface area contributed by atoms with Crippen LogP contribution in [0.3, 0.4) is 0 Å². The number of amides is 1. The van der Waals surface area contributed by atoms with Crippen molar-refractivity contribution in [1.29, 1.82) is 0 Å². The van der Waals surface area contributed by atoms with Crippen molar-refractivity contribution in [2.45, 2.75) is 64.0 Å². The van der Waals surface area contributed by atoms with Crippen molar-refractivity contribution < 1.29 is 33.0 Å². The van der Waals surface area contributed by atoms with E-state index in [9.17, 15) is 18.8 Å². The highest BCUT2D eigenvalue weighted by molar-refractivity contribution is 5.98. The number of hydrogen-bond donors (Lipinski definition) is 1. The smallest absolute Gasteiger partial charge is 0.328 e. The third-order valence-electron chi connectivity index (χ3n) is 6.49. The maximum atomic E-state index is 13.5. The predicted octanol–water partition coefficient (Wildman–Crippen LogP) is 3.71. The minimum absolute atomic E-state index is 0.0801. The molecule has 2 unspecified atom stereocenters. The summed E-state index contributed by atoms with van der Waals surface area (Å²) in [5, 5.41) is 2.57. The molecule has 4 rings (SSSR count). The number of ether oxygens (including phenoxy) is 3. The van der Waals surface area contributed by atoms with Gasteiger partial charge >= 0.3 is 11.9 Å². The van der Waals surface area contributed by atoms with Gasteiger partial charge in [0.1, 0.15) is 18.0 Å². The maximum Gasteiger partial charge on any atom is 0.328 e. The minimum Gasteiger partial charge on any atom is -0.493 e. The second-order valence-electron chi connectivity index (χ2n) is 9.15. The SMILES string of the molecule is COc1ccnc(C(=O)N[C@@H](C)C(=O)OC2CCc3cc(F)ccc3C2C)c1OC(=O)CC1CC1. The van der Waals surface area contributed by atoms with Gasteiger partial charge in [0.2, 0.25) is 5.75 Å². The Bertz CT molecular complexity index is 1130. The highest BCUT2D eigenvalue weighted by Gasteiger charge is 2.32. The molecule has 1 amide bonds. The van der Waals surface area contributed by atoms with E-state index < -0.39 is 30.0 Å². The summed E-state index contributed by atoms with van der Waals surface area (Å²) in [7, 11) is 1.40. The summed E-state index contributed by atoms with van der Waals surface area (Å²) in [6.45, 7) is 3.44. The van der Waals surface area contributed by atoms with Crippen LogP contribution >= 0.6 is 0 Å². The fourth-order valence-corrected chi connectivity index (χ4v) is 4.28. The predicted molar refractivity (Wildman–Crippen MR) is 124 cm³/mol. The number of fused-ring (bicyclic) bond motifs is 1. The topological polar surface area (TPSA) is 104 Å². The molecule has 1 aromatic carbocycles. The Balaban J connectivity index is 1.41. The normalized spacial score (nSPS) is 19.8. The Morgan fingerprint density at radius 1 is 1.20 bits per heavy atom. The first-order valence-corrected chi connectivity index (χ1v) is 11.8. The van der Waals surface area contributed by atoms with Gasteiger partial charge in [0, 0.05) is 24.6 Å². The lowest BCUT2D eigenvalue weighted by atomic mass is 9.82. The molecule has 0 aliphatic heterocycles. The molecule has 1 heterocycles. The van der Waals surface area contributed by atoms with E-state index in [4.69, 9.17) is 14.2 Å². The quantitative estimate of drug-likeness (QED) is 0.570. The number of pyridine rings is 1. The van der Waals surface area contributed by atoms with Gasteiger partial charge in [-0.3, -0.25) is 9.59 Å². The Kier molecular flexibility index (Phi) is 7.33. The number of esters is 2. The molecule has 0 bridgehead atoms. The second kappa shape index (κ2) is 10.4. The van der Waals surface area contributed by atoms with Crippen LogP contribution in [-0.2, 0) is 20.7 Å². The molecule has 1 saturated carbocycles. The number of methoxy groups -OCH3 is 1. The van der Waals surface area contributed by atoms with Crippen molar-refractivity contribution in [2.24, 2.45) is 5.92 Å². The summed E-state index contributed by atoms with van der Waals surface area (Å²) < 4.78 is 29.9. The average molecular weight is 485 g/mol. The molecular formula is C26H29FN2O6. The summed E-state index contributed by atoms with van der Waals surface area (Å²) in [6.07, 6.45) is 4.34. The summed E-state index contributed by atoms with van der Waals surface area (Å²) in [6, 6.07) is 5.15. The van der Waals surface area contributed by atoms with Crippen LogP contribution in [0.1, 0.15) is 67.1 Å². The average Bonchev–Trinajstić information content (AvgIpc) is 3.64. The zero-order valence-electron chi connectivity index (χ0n) is 20.0. The Labute approximate surface area is 203 Å². The van der Waals surface area contributed by atoms with E-state index in [2.05, 4.69) is 10.3 Å². The largest absolute Gasteiger partial charge is 0.493 e. The van der Waals surface area contributed by atoms with Crippen molar-refractivity contribution in [3.8, 4) is 11.5 Å². The summed E-state index contributed by atoms with van der Waals surface area (Å²) in [5.41, 5.74) is 1.71. The number of aromatic nitrogens is 1. The van der Waals surface area contributed by atoms with Gasteiger partial charge in [-0.2, -0.15) is 0 Å². The van der Waals surface area contributed by atoms with E-state index in [1.807, 2.05) is 6.92 Å². The minimum atomic E-state index is -0.979. The molecule has 35 heavy (non-hydrogen) atoms. The van der Waals surface area contributed by atoms with Crippen LogP contribution in [0.15, 0.2) is 30.5 Å². The van der Waals surface area contributed by atoms with Gasteiger partial charge in [0.25, 0.3) is 5.91 Å². The van der Waals surface area contributed by atoms with Gasteiger partial charge in [0.15, 0.2) is 11.4 Å². The third kappa shape index (κ3) is 5.78. The molecule has 9 heteroatoms. The van der Waals surface area contributed by atoms with Gasteiger partial charge in [-0.1, -0.05) is 13.0 Å². The van der Waals surface area contributed by atoms with E-state index in [0.717, 1.165) is 24.0 Å². The van der Waals surface area contributed by atoms with E-state index in [0.29, 0.717) is 18.8 Å². The van der Waals surface area contributed by atoms with Crippen LogP contribution < -0.4 is 14.8 Å². The van der Waals surface area contributed by atoms with Gasteiger partial charge < -0.3 is 19.5 Å². The molecule has 0 spiro atoms. The summed E-state index contributed by atoms with van der Waals surface area (Å²) >= 11 is 0. The molecule has 1 aromatic heterocycles. The van der Waals surface area contributed by atoms with E-state index in [1.165, 1.54) is 38.4 Å². The van der Waals surface area contributed by atoms with Crippen molar-refractivity contribution in [3.05, 3.63) is 53.1 Å². The molecule has 1 fully saturated rings. The van der Waals surface area contributed by atoms with Crippen LogP contribution in [0.5, 0.6) is 11.5 Å². The molecule has 2 aromatic rings. The van der Waals surface area contributed by atoms with E-state index in [1.54, 1.807) is 6.07 Å². The number of halogens is 1. The van der Waals surface area contributed by atoms with Crippen LogP contribution in [0, 0.1) is 11.7 Å². The molecule has 8 nitrogen and oxygen atoms in total. The van der Waals surface area contributed by atoms with Crippen molar-refractivity contribution in [2.75, 3.05) is 7.11 Å². The van der Waals surface area contributed by atoms with Crippen LogP contribution in [-0.4, -0.2) is 42.1 Å². The number of nitrogens with one attached hydrogen (secondary N) is 1. The van der Waals surface area contributed by atoms with E-state index >= 15 is 0 Å². The lowest BCUT2D eigenvalue weighted by Gasteiger charge is -2.31. The summed E-state index contributed by atoms with van der Waals surface area (Å²) in [5.74, 6) is -1.73. The molecule has 2 aliphatic rings. The number of carbonyl (C=O) groups excluding carboxylic acids is 3. The van der Waals surface area contributed by atoms with Gasteiger partial charge in [0.05, 0.1) is 7.11 Å². The molecule has 0 saturated heterocycles. The monoisotopic (exact) mass is 484 g/mol. The fraction of sp³-hybridized carbons (Fsp3) is 0.462. The zero-order valence-corrected chi connectivity index (χ0v) is 20.0.